The highest BCUT2D eigenvalue weighted by Gasteiger charge is 2.33. The summed E-state index contributed by atoms with van der Waals surface area (Å²) in [6, 6.07) is 1.37. The average molecular weight is 277 g/mol. The van der Waals surface area contributed by atoms with Gasteiger partial charge in [-0.25, -0.2) is 0 Å². The molecule has 3 unspecified atom stereocenters. The third-order valence-corrected chi connectivity index (χ3v) is 4.99. The summed E-state index contributed by atoms with van der Waals surface area (Å²) in [5, 5.41) is 15.7. The molecule has 2 N–H and O–H groups in total. The van der Waals surface area contributed by atoms with Crippen LogP contribution in [-0.4, -0.2) is 33.4 Å². The van der Waals surface area contributed by atoms with Gasteiger partial charge in [-0.1, -0.05) is 12.8 Å². The minimum absolute atomic E-state index is 0.640. The Labute approximate surface area is 121 Å². The molecule has 5 nitrogen and oxygen atoms in total. The molecule has 0 radical (unpaired) electrons. The molecule has 2 fully saturated rings. The average Bonchev–Trinajstić information content (AvgIpc) is 3.16. The molecule has 2 aliphatic rings. The lowest BCUT2D eigenvalue weighted by molar-refractivity contribution is 0.212. The lowest BCUT2D eigenvalue weighted by Crippen LogP contribution is -2.46. The molecule has 2 heterocycles. The monoisotopic (exact) mass is 277 g/mol. The molecule has 112 valence electrons. The van der Waals surface area contributed by atoms with Gasteiger partial charge in [0.2, 0.25) is 0 Å². The second kappa shape index (κ2) is 6.68. The second-order valence-corrected chi connectivity index (χ2v) is 6.17. The van der Waals surface area contributed by atoms with Gasteiger partial charge in [-0.3, -0.25) is 0 Å². The van der Waals surface area contributed by atoms with E-state index in [1.54, 1.807) is 0 Å². The second-order valence-electron chi connectivity index (χ2n) is 6.17. The summed E-state index contributed by atoms with van der Waals surface area (Å²) in [4.78, 5) is 0. The van der Waals surface area contributed by atoms with Crippen LogP contribution in [0.2, 0.25) is 0 Å². The molecule has 1 aromatic heterocycles. The van der Waals surface area contributed by atoms with Crippen LogP contribution in [0.1, 0.15) is 51.3 Å². The molecule has 1 aliphatic heterocycles. The Morgan fingerprint density at radius 2 is 2.20 bits per heavy atom. The summed E-state index contributed by atoms with van der Waals surface area (Å²) < 4.78 is 2.12. The predicted molar refractivity (Wildman–Crippen MR) is 79.3 cm³/mol. The van der Waals surface area contributed by atoms with Crippen molar-refractivity contribution in [2.45, 2.75) is 70.6 Å². The van der Waals surface area contributed by atoms with E-state index in [-0.39, 0.29) is 0 Å². The van der Waals surface area contributed by atoms with Gasteiger partial charge < -0.3 is 15.2 Å². The van der Waals surface area contributed by atoms with Gasteiger partial charge in [0.05, 0.1) is 6.54 Å². The molecule has 1 saturated carbocycles. The van der Waals surface area contributed by atoms with E-state index >= 15 is 0 Å². The molecule has 5 heteroatoms. The molecule has 1 aromatic rings. The van der Waals surface area contributed by atoms with Crippen molar-refractivity contribution in [3.63, 3.8) is 0 Å². The van der Waals surface area contributed by atoms with Gasteiger partial charge in [0.15, 0.2) is 0 Å². The van der Waals surface area contributed by atoms with Crippen molar-refractivity contribution in [1.29, 1.82) is 0 Å². The number of nitrogens with zero attached hydrogens (tertiary/aromatic N) is 3. The van der Waals surface area contributed by atoms with Crippen molar-refractivity contribution in [3.05, 3.63) is 12.2 Å². The first-order valence-electron chi connectivity index (χ1n) is 8.22. The minimum Gasteiger partial charge on any atom is -0.317 e. The molecule has 3 rings (SSSR count). The number of nitrogens with one attached hydrogen (secondary N) is 2. The number of aryl methyl sites for hydroxylation is 1. The lowest BCUT2D eigenvalue weighted by atomic mass is 9.79. The Bertz CT molecular complexity index is 410. The van der Waals surface area contributed by atoms with Crippen LogP contribution in [0, 0.1) is 5.92 Å². The van der Waals surface area contributed by atoms with Crippen molar-refractivity contribution in [2.24, 2.45) is 5.92 Å². The maximum Gasteiger partial charge on any atom is 0.146 e. The van der Waals surface area contributed by atoms with Crippen LogP contribution < -0.4 is 10.6 Å². The molecule has 0 spiro atoms. The van der Waals surface area contributed by atoms with Crippen molar-refractivity contribution in [3.8, 4) is 0 Å². The third-order valence-electron chi connectivity index (χ3n) is 4.99. The van der Waals surface area contributed by atoms with Crippen molar-refractivity contribution >= 4 is 0 Å². The van der Waals surface area contributed by atoms with Crippen LogP contribution in [0.5, 0.6) is 0 Å². The molecule has 0 bridgehead atoms. The van der Waals surface area contributed by atoms with E-state index in [0.717, 1.165) is 30.9 Å². The summed E-state index contributed by atoms with van der Waals surface area (Å²) in [6.45, 7) is 5.14. The molecule has 0 aromatic carbocycles. The zero-order chi connectivity index (χ0) is 13.8. The largest absolute Gasteiger partial charge is 0.317 e. The van der Waals surface area contributed by atoms with Gasteiger partial charge >= 0.3 is 0 Å². The van der Waals surface area contributed by atoms with Crippen molar-refractivity contribution in [2.75, 3.05) is 6.54 Å². The van der Waals surface area contributed by atoms with Gasteiger partial charge in [-0.15, -0.1) is 10.2 Å². The Balaban J connectivity index is 1.59. The van der Waals surface area contributed by atoms with Gasteiger partial charge in [0.1, 0.15) is 12.2 Å². The predicted octanol–water partition coefficient (Wildman–Crippen LogP) is 1.70. The Hall–Kier alpha value is -0.940. The third kappa shape index (κ3) is 3.04. The fourth-order valence-corrected chi connectivity index (χ4v) is 3.87. The fourth-order valence-electron chi connectivity index (χ4n) is 3.87. The lowest BCUT2D eigenvalue weighted by Gasteiger charge is -2.36. The zero-order valence-corrected chi connectivity index (χ0v) is 12.5. The van der Waals surface area contributed by atoms with Gasteiger partial charge in [0.25, 0.3) is 0 Å². The summed E-state index contributed by atoms with van der Waals surface area (Å²) in [7, 11) is 0. The first kappa shape index (κ1) is 14.0. The van der Waals surface area contributed by atoms with E-state index in [2.05, 4.69) is 32.3 Å². The zero-order valence-electron chi connectivity index (χ0n) is 12.5. The SMILES string of the molecule is CCn1cnnc1CNC1CCCCC1C1CCCN1. The van der Waals surface area contributed by atoms with Crippen LogP contribution in [0.3, 0.4) is 0 Å². The molecular formula is C15H27N5. The quantitative estimate of drug-likeness (QED) is 0.860. The fraction of sp³-hybridized carbons (Fsp3) is 0.867. The van der Waals surface area contributed by atoms with Gasteiger partial charge in [-0.2, -0.15) is 0 Å². The van der Waals surface area contributed by atoms with E-state index in [0.29, 0.717) is 6.04 Å². The highest BCUT2D eigenvalue weighted by atomic mass is 15.3. The van der Waals surface area contributed by atoms with E-state index < -0.39 is 0 Å². The summed E-state index contributed by atoms with van der Waals surface area (Å²) in [6.07, 6.45) is 9.96. The first-order valence-corrected chi connectivity index (χ1v) is 8.22. The number of hydrogen-bond donors (Lipinski definition) is 2. The Morgan fingerprint density at radius 1 is 1.30 bits per heavy atom. The first-order chi connectivity index (χ1) is 9.88. The summed E-state index contributed by atoms with van der Waals surface area (Å²) in [5.41, 5.74) is 0. The summed E-state index contributed by atoms with van der Waals surface area (Å²) in [5.74, 6) is 1.86. The van der Waals surface area contributed by atoms with Gasteiger partial charge in [0, 0.05) is 18.6 Å². The number of aromatic nitrogens is 3. The van der Waals surface area contributed by atoms with E-state index in [1.807, 2.05) is 6.33 Å². The Kier molecular flexibility index (Phi) is 4.68. The minimum atomic E-state index is 0.640. The van der Waals surface area contributed by atoms with Crippen LogP contribution in [0.4, 0.5) is 0 Å². The van der Waals surface area contributed by atoms with E-state index in [4.69, 9.17) is 0 Å². The normalized spacial score (nSPS) is 30.8. The maximum absolute atomic E-state index is 4.23. The standard InChI is InChI=1S/C15H27N5/c1-2-20-11-18-19-15(20)10-17-14-7-4-3-6-12(14)13-8-5-9-16-13/h11-14,16-17H,2-10H2,1H3. The molecule has 3 atom stereocenters. The molecule has 20 heavy (non-hydrogen) atoms. The smallest absolute Gasteiger partial charge is 0.146 e. The highest BCUT2D eigenvalue weighted by molar-refractivity contribution is 4.93. The topological polar surface area (TPSA) is 54.8 Å². The number of rotatable bonds is 5. The molecule has 1 saturated heterocycles. The molecule has 0 amide bonds. The maximum atomic E-state index is 4.23. The van der Waals surface area contributed by atoms with Gasteiger partial charge in [-0.05, 0) is 45.1 Å². The van der Waals surface area contributed by atoms with E-state index in [1.165, 1.54) is 45.1 Å². The number of hydrogen-bond acceptors (Lipinski definition) is 4. The van der Waals surface area contributed by atoms with Crippen molar-refractivity contribution in [1.82, 2.24) is 25.4 Å². The highest BCUT2D eigenvalue weighted by Crippen LogP contribution is 2.30. The molecule has 1 aliphatic carbocycles. The van der Waals surface area contributed by atoms with Crippen LogP contribution >= 0.6 is 0 Å². The summed E-state index contributed by atoms with van der Waals surface area (Å²) >= 11 is 0. The van der Waals surface area contributed by atoms with Crippen LogP contribution in [-0.2, 0) is 13.1 Å². The van der Waals surface area contributed by atoms with Crippen LogP contribution in [0.25, 0.3) is 0 Å². The van der Waals surface area contributed by atoms with Crippen molar-refractivity contribution < 1.29 is 0 Å². The molecular weight excluding hydrogens is 250 g/mol. The van der Waals surface area contributed by atoms with E-state index in [9.17, 15) is 0 Å². The Morgan fingerprint density at radius 3 is 3.00 bits per heavy atom. The van der Waals surface area contributed by atoms with Crippen LogP contribution in [0.15, 0.2) is 6.33 Å².